The molecule has 1 aliphatic rings. The second-order valence-corrected chi connectivity index (χ2v) is 6.00. The molecule has 2 N–H and O–H groups in total. The normalized spacial score (nSPS) is 17.2. The third-order valence-corrected chi connectivity index (χ3v) is 4.51. The highest BCUT2D eigenvalue weighted by atomic mass is 19.1. The lowest BCUT2D eigenvalue weighted by atomic mass is 9.93. The van der Waals surface area contributed by atoms with Gasteiger partial charge in [0.25, 0.3) is 5.91 Å². The maximum absolute atomic E-state index is 13.3. The summed E-state index contributed by atoms with van der Waals surface area (Å²) in [5.41, 5.74) is 3.47. The lowest BCUT2D eigenvalue weighted by Gasteiger charge is -2.23. The van der Waals surface area contributed by atoms with Crippen molar-refractivity contribution in [3.8, 4) is 0 Å². The topological polar surface area (TPSA) is 62.7 Å². The molecule has 1 aliphatic carbocycles. The first-order chi connectivity index (χ1) is 11.1. The van der Waals surface area contributed by atoms with Crippen molar-refractivity contribution in [1.29, 1.82) is 0 Å². The summed E-state index contributed by atoms with van der Waals surface area (Å²) in [5, 5.41) is 8.05. The Morgan fingerprint density at radius 1 is 1.43 bits per heavy atom. The predicted octanol–water partition coefficient (Wildman–Crippen LogP) is 2.85. The largest absolute Gasteiger partial charge is 0.351 e. The average Bonchev–Trinajstić information content (AvgIpc) is 3.12. The van der Waals surface area contributed by atoms with E-state index in [4.69, 9.17) is 0 Å². The van der Waals surface area contributed by atoms with Crippen LogP contribution < -0.4 is 5.32 Å². The Kier molecular flexibility index (Phi) is 3.18. The fraction of sp³-hybridized carbons (Fsp3) is 0.294. The fourth-order valence-electron chi connectivity index (χ4n) is 3.32. The second kappa shape index (κ2) is 5.22. The van der Waals surface area contributed by atoms with Crippen LogP contribution in [-0.2, 0) is 13.5 Å². The Hall–Kier alpha value is -2.63. The molecule has 2 heterocycles. The van der Waals surface area contributed by atoms with Crippen LogP contribution in [0.15, 0.2) is 30.5 Å². The Balaban J connectivity index is 1.60. The molecule has 0 unspecified atom stereocenters. The van der Waals surface area contributed by atoms with Crippen molar-refractivity contribution in [1.82, 2.24) is 20.1 Å². The Labute approximate surface area is 132 Å². The van der Waals surface area contributed by atoms with Crippen LogP contribution in [0.3, 0.4) is 0 Å². The molecule has 6 heteroatoms. The number of fused-ring (bicyclic) bond motifs is 2. The van der Waals surface area contributed by atoms with Gasteiger partial charge in [-0.25, -0.2) is 4.39 Å². The van der Waals surface area contributed by atoms with Crippen molar-refractivity contribution in [2.75, 3.05) is 0 Å². The van der Waals surface area contributed by atoms with Gasteiger partial charge in [0.15, 0.2) is 0 Å². The number of halogens is 1. The van der Waals surface area contributed by atoms with Crippen LogP contribution in [0.4, 0.5) is 4.39 Å². The van der Waals surface area contributed by atoms with Crippen LogP contribution in [0.2, 0.25) is 0 Å². The van der Waals surface area contributed by atoms with Gasteiger partial charge in [-0.05, 0) is 43.5 Å². The molecule has 3 aromatic rings. The molecule has 0 spiro atoms. The van der Waals surface area contributed by atoms with Gasteiger partial charge in [0.1, 0.15) is 11.5 Å². The lowest BCUT2D eigenvalue weighted by molar-refractivity contribution is 0.0928. The van der Waals surface area contributed by atoms with E-state index in [-0.39, 0.29) is 17.8 Å². The number of H-pyrrole nitrogens is 1. The monoisotopic (exact) mass is 312 g/mol. The number of benzene rings is 1. The molecular weight excluding hydrogens is 295 g/mol. The number of amides is 1. The van der Waals surface area contributed by atoms with Crippen molar-refractivity contribution < 1.29 is 9.18 Å². The number of hydrogen-bond donors (Lipinski definition) is 2. The summed E-state index contributed by atoms with van der Waals surface area (Å²) in [7, 11) is 1.93. The van der Waals surface area contributed by atoms with Gasteiger partial charge in [-0.3, -0.25) is 9.48 Å². The number of carbonyl (C=O) groups excluding carboxylic acids is 1. The molecule has 2 aromatic heterocycles. The van der Waals surface area contributed by atoms with Crippen molar-refractivity contribution >= 4 is 16.8 Å². The number of nitrogens with zero attached hydrogens (tertiary/aromatic N) is 2. The predicted molar refractivity (Wildman–Crippen MR) is 84.6 cm³/mol. The van der Waals surface area contributed by atoms with Gasteiger partial charge in [0.2, 0.25) is 0 Å². The number of aryl methyl sites for hydroxylation is 1. The Morgan fingerprint density at radius 2 is 2.30 bits per heavy atom. The first kappa shape index (κ1) is 14.0. The SMILES string of the molecule is Cn1ncc2c1CCC[C@H]2NC(=O)c1cc2cc(F)ccc2[nH]1. The van der Waals surface area contributed by atoms with Crippen LogP contribution >= 0.6 is 0 Å². The zero-order valence-corrected chi connectivity index (χ0v) is 12.8. The van der Waals surface area contributed by atoms with Gasteiger partial charge in [-0.2, -0.15) is 5.10 Å². The number of nitrogens with one attached hydrogen (secondary N) is 2. The standard InChI is InChI=1S/C17H17FN4O/c1-22-16-4-2-3-14(12(16)9-19-22)21-17(23)15-8-10-7-11(18)5-6-13(10)20-15/h5-9,14,20H,2-4H2,1H3,(H,21,23)/t14-/m1/s1. The highest BCUT2D eigenvalue weighted by molar-refractivity contribution is 5.98. The zero-order valence-electron chi connectivity index (χ0n) is 12.8. The van der Waals surface area contributed by atoms with Gasteiger partial charge >= 0.3 is 0 Å². The minimum absolute atomic E-state index is 0.0249. The molecule has 4 rings (SSSR count). The second-order valence-electron chi connectivity index (χ2n) is 6.00. The number of carbonyl (C=O) groups is 1. The van der Waals surface area contributed by atoms with Crippen LogP contribution in [-0.4, -0.2) is 20.7 Å². The maximum Gasteiger partial charge on any atom is 0.268 e. The molecule has 0 bridgehead atoms. The summed E-state index contributed by atoms with van der Waals surface area (Å²) in [6.45, 7) is 0. The number of aromatic nitrogens is 3. The van der Waals surface area contributed by atoms with Gasteiger partial charge in [0, 0.05) is 29.2 Å². The van der Waals surface area contributed by atoms with Crippen LogP contribution in [0, 0.1) is 5.82 Å². The Bertz CT molecular complexity index is 895. The van der Waals surface area contributed by atoms with E-state index >= 15 is 0 Å². The summed E-state index contributed by atoms with van der Waals surface area (Å²) in [5.74, 6) is -0.487. The molecule has 23 heavy (non-hydrogen) atoms. The minimum Gasteiger partial charge on any atom is -0.351 e. The van der Waals surface area contributed by atoms with Gasteiger partial charge in [-0.15, -0.1) is 0 Å². The Morgan fingerprint density at radius 3 is 3.17 bits per heavy atom. The summed E-state index contributed by atoms with van der Waals surface area (Å²) in [6.07, 6.45) is 4.75. The molecule has 1 atom stereocenters. The molecule has 5 nitrogen and oxygen atoms in total. The van der Waals surface area contributed by atoms with Crippen molar-refractivity contribution in [3.63, 3.8) is 0 Å². The van der Waals surface area contributed by atoms with Crippen LogP contribution in [0.1, 0.15) is 40.6 Å². The molecule has 1 amide bonds. The molecular formula is C17H17FN4O. The first-order valence-electron chi connectivity index (χ1n) is 7.72. The smallest absolute Gasteiger partial charge is 0.268 e. The van der Waals surface area contributed by atoms with Crippen LogP contribution in [0.5, 0.6) is 0 Å². The van der Waals surface area contributed by atoms with E-state index in [2.05, 4.69) is 15.4 Å². The molecule has 0 fully saturated rings. The quantitative estimate of drug-likeness (QED) is 0.764. The van der Waals surface area contributed by atoms with Crippen molar-refractivity contribution in [3.05, 3.63) is 53.2 Å². The van der Waals surface area contributed by atoms with Gasteiger partial charge in [0.05, 0.1) is 12.2 Å². The lowest BCUT2D eigenvalue weighted by Crippen LogP contribution is -2.31. The summed E-state index contributed by atoms with van der Waals surface area (Å²) >= 11 is 0. The fourth-order valence-corrected chi connectivity index (χ4v) is 3.32. The van der Waals surface area contributed by atoms with Crippen LogP contribution in [0.25, 0.3) is 10.9 Å². The molecule has 0 saturated heterocycles. The van der Waals surface area contributed by atoms with Crippen molar-refractivity contribution in [2.24, 2.45) is 7.05 Å². The molecule has 0 aliphatic heterocycles. The van der Waals surface area contributed by atoms with E-state index in [1.165, 1.54) is 17.8 Å². The van der Waals surface area contributed by atoms with E-state index in [1.807, 2.05) is 17.9 Å². The van der Waals surface area contributed by atoms with Gasteiger partial charge < -0.3 is 10.3 Å². The van der Waals surface area contributed by atoms with E-state index in [0.29, 0.717) is 11.1 Å². The average molecular weight is 312 g/mol. The number of hydrogen-bond acceptors (Lipinski definition) is 2. The van der Waals surface area contributed by atoms with E-state index in [9.17, 15) is 9.18 Å². The summed E-state index contributed by atoms with van der Waals surface area (Å²) in [6, 6.07) is 6.09. The molecule has 118 valence electrons. The molecule has 1 aromatic carbocycles. The zero-order chi connectivity index (χ0) is 16.0. The minimum atomic E-state index is -0.309. The summed E-state index contributed by atoms with van der Waals surface area (Å²) in [4.78, 5) is 15.6. The number of aromatic amines is 1. The third kappa shape index (κ3) is 2.40. The number of rotatable bonds is 2. The van der Waals surface area contributed by atoms with E-state index < -0.39 is 0 Å². The third-order valence-electron chi connectivity index (χ3n) is 4.51. The van der Waals surface area contributed by atoms with Gasteiger partial charge in [-0.1, -0.05) is 0 Å². The molecule has 0 saturated carbocycles. The highest BCUT2D eigenvalue weighted by Crippen LogP contribution is 2.29. The van der Waals surface area contributed by atoms with Crippen molar-refractivity contribution in [2.45, 2.75) is 25.3 Å². The molecule has 0 radical (unpaired) electrons. The van der Waals surface area contributed by atoms with E-state index in [0.717, 1.165) is 30.3 Å². The highest BCUT2D eigenvalue weighted by Gasteiger charge is 2.25. The summed E-state index contributed by atoms with van der Waals surface area (Å²) < 4.78 is 15.1. The maximum atomic E-state index is 13.3. The van der Waals surface area contributed by atoms with E-state index in [1.54, 1.807) is 12.1 Å². The first-order valence-corrected chi connectivity index (χ1v) is 7.72.